The Morgan fingerprint density at radius 1 is 1.22 bits per heavy atom. The number of hydrogen-bond acceptors (Lipinski definition) is 2. The third-order valence-electron chi connectivity index (χ3n) is 4.21. The number of nitrogens with two attached hydrogens (primary N) is 1. The van der Waals surface area contributed by atoms with Crippen LogP contribution >= 0.6 is 0 Å². The lowest BCUT2D eigenvalue weighted by Gasteiger charge is -2.33. The van der Waals surface area contributed by atoms with Crippen molar-refractivity contribution in [2.75, 3.05) is 19.6 Å². The lowest BCUT2D eigenvalue weighted by molar-refractivity contribution is 0.174. The summed E-state index contributed by atoms with van der Waals surface area (Å²) in [5.41, 5.74) is 8.77. The zero-order chi connectivity index (χ0) is 13.0. The van der Waals surface area contributed by atoms with Crippen molar-refractivity contribution >= 4 is 0 Å². The van der Waals surface area contributed by atoms with Crippen molar-refractivity contribution in [1.82, 2.24) is 4.90 Å². The van der Waals surface area contributed by atoms with Crippen LogP contribution in [0.5, 0.6) is 0 Å². The SMILES string of the molecule is Cc1ccc(CCN2CCC(C(C)N)CC2)cc1. The van der Waals surface area contributed by atoms with E-state index in [1.165, 1.54) is 50.0 Å². The van der Waals surface area contributed by atoms with Gasteiger partial charge in [0.25, 0.3) is 0 Å². The Bertz CT molecular complexity index is 348. The second kappa shape index (κ2) is 6.35. The zero-order valence-corrected chi connectivity index (χ0v) is 11.7. The maximum Gasteiger partial charge on any atom is 0.00397 e. The highest BCUT2D eigenvalue weighted by Crippen LogP contribution is 2.19. The van der Waals surface area contributed by atoms with Crippen molar-refractivity contribution in [3.05, 3.63) is 35.4 Å². The van der Waals surface area contributed by atoms with Gasteiger partial charge in [-0.2, -0.15) is 0 Å². The molecule has 0 aliphatic carbocycles. The lowest BCUT2D eigenvalue weighted by atomic mass is 9.91. The molecule has 2 rings (SSSR count). The Kier molecular flexibility index (Phi) is 4.79. The average molecular weight is 246 g/mol. The van der Waals surface area contributed by atoms with Crippen LogP contribution in [0.25, 0.3) is 0 Å². The molecule has 100 valence electrons. The summed E-state index contributed by atoms with van der Waals surface area (Å²) in [6, 6.07) is 9.29. The molecule has 1 aromatic rings. The number of rotatable bonds is 4. The molecular formula is C16H26N2. The fourth-order valence-corrected chi connectivity index (χ4v) is 2.74. The van der Waals surface area contributed by atoms with E-state index in [0.717, 1.165) is 5.92 Å². The summed E-state index contributed by atoms with van der Waals surface area (Å²) >= 11 is 0. The first kappa shape index (κ1) is 13.6. The van der Waals surface area contributed by atoms with Gasteiger partial charge in [-0.3, -0.25) is 0 Å². The molecule has 1 aromatic carbocycles. The van der Waals surface area contributed by atoms with Crippen LogP contribution in [0.4, 0.5) is 0 Å². The van der Waals surface area contributed by atoms with Crippen molar-refractivity contribution in [3.8, 4) is 0 Å². The Balaban J connectivity index is 1.74. The number of hydrogen-bond donors (Lipinski definition) is 1. The highest BCUT2D eigenvalue weighted by molar-refractivity contribution is 5.21. The molecule has 1 heterocycles. The van der Waals surface area contributed by atoms with Gasteiger partial charge in [0, 0.05) is 12.6 Å². The third-order valence-corrected chi connectivity index (χ3v) is 4.21. The van der Waals surface area contributed by atoms with E-state index in [4.69, 9.17) is 5.73 Å². The van der Waals surface area contributed by atoms with Crippen LogP contribution in [-0.2, 0) is 6.42 Å². The van der Waals surface area contributed by atoms with E-state index in [1.807, 2.05) is 0 Å². The number of aryl methyl sites for hydroxylation is 1. The first-order valence-electron chi connectivity index (χ1n) is 7.18. The summed E-state index contributed by atoms with van der Waals surface area (Å²) < 4.78 is 0. The van der Waals surface area contributed by atoms with E-state index in [0.29, 0.717) is 6.04 Å². The van der Waals surface area contributed by atoms with Crippen LogP contribution in [0.3, 0.4) is 0 Å². The molecule has 18 heavy (non-hydrogen) atoms. The minimum atomic E-state index is 0.365. The van der Waals surface area contributed by atoms with E-state index in [2.05, 4.69) is 43.0 Å². The highest BCUT2D eigenvalue weighted by Gasteiger charge is 2.21. The highest BCUT2D eigenvalue weighted by atomic mass is 15.1. The molecule has 0 amide bonds. The molecule has 0 bridgehead atoms. The van der Waals surface area contributed by atoms with Crippen LogP contribution in [0, 0.1) is 12.8 Å². The predicted molar refractivity (Wildman–Crippen MR) is 77.7 cm³/mol. The molecule has 2 N–H and O–H groups in total. The number of benzene rings is 1. The first-order valence-corrected chi connectivity index (χ1v) is 7.18. The molecule has 0 radical (unpaired) electrons. The topological polar surface area (TPSA) is 29.3 Å². The van der Waals surface area contributed by atoms with Crippen molar-refractivity contribution in [1.29, 1.82) is 0 Å². The zero-order valence-electron chi connectivity index (χ0n) is 11.7. The Morgan fingerprint density at radius 3 is 2.39 bits per heavy atom. The molecule has 1 fully saturated rings. The predicted octanol–water partition coefficient (Wildman–Crippen LogP) is 2.60. The second-order valence-corrected chi connectivity index (χ2v) is 5.77. The van der Waals surface area contributed by atoms with Gasteiger partial charge in [-0.1, -0.05) is 29.8 Å². The maximum atomic E-state index is 5.97. The standard InChI is InChI=1S/C16H26N2/c1-13-3-5-15(6-4-13)7-10-18-11-8-16(9-12-18)14(2)17/h3-6,14,16H,7-12,17H2,1-2H3. The van der Waals surface area contributed by atoms with Crippen LogP contribution in [0.15, 0.2) is 24.3 Å². The molecule has 2 heteroatoms. The summed E-state index contributed by atoms with van der Waals surface area (Å²) in [7, 11) is 0. The molecule has 0 aromatic heterocycles. The van der Waals surface area contributed by atoms with Crippen molar-refractivity contribution in [2.24, 2.45) is 11.7 Å². The minimum absolute atomic E-state index is 0.365. The lowest BCUT2D eigenvalue weighted by Crippen LogP contribution is -2.40. The van der Waals surface area contributed by atoms with E-state index < -0.39 is 0 Å². The van der Waals surface area contributed by atoms with Gasteiger partial charge >= 0.3 is 0 Å². The van der Waals surface area contributed by atoms with E-state index in [-0.39, 0.29) is 0 Å². The van der Waals surface area contributed by atoms with Gasteiger partial charge in [0.05, 0.1) is 0 Å². The van der Waals surface area contributed by atoms with Gasteiger partial charge < -0.3 is 10.6 Å². The Labute approximate surface area is 111 Å². The molecule has 2 nitrogen and oxygen atoms in total. The van der Waals surface area contributed by atoms with Crippen molar-refractivity contribution < 1.29 is 0 Å². The molecule has 1 atom stereocenters. The van der Waals surface area contributed by atoms with Gasteiger partial charge in [-0.25, -0.2) is 0 Å². The molecular weight excluding hydrogens is 220 g/mol. The molecule has 0 spiro atoms. The summed E-state index contributed by atoms with van der Waals surface area (Å²) in [4.78, 5) is 2.58. The van der Waals surface area contributed by atoms with E-state index in [9.17, 15) is 0 Å². The van der Waals surface area contributed by atoms with Crippen LogP contribution in [0.1, 0.15) is 30.9 Å². The number of piperidine rings is 1. The smallest absolute Gasteiger partial charge is 0.00397 e. The van der Waals surface area contributed by atoms with Crippen LogP contribution in [0.2, 0.25) is 0 Å². The van der Waals surface area contributed by atoms with Crippen LogP contribution < -0.4 is 5.73 Å². The van der Waals surface area contributed by atoms with Gasteiger partial charge in [0.15, 0.2) is 0 Å². The van der Waals surface area contributed by atoms with Gasteiger partial charge in [0.2, 0.25) is 0 Å². The third kappa shape index (κ3) is 3.82. The summed E-state index contributed by atoms with van der Waals surface area (Å²) in [5, 5.41) is 0. The summed E-state index contributed by atoms with van der Waals surface area (Å²) in [6.07, 6.45) is 3.71. The van der Waals surface area contributed by atoms with Gasteiger partial charge in [-0.15, -0.1) is 0 Å². The van der Waals surface area contributed by atoms with Crippen molar-refractivity contribution in [3.63, 3.8) is 0 Å². The first-order chi connectivity index (χ1) is 8.65. The summed E-state index contributed by atoms with van der Waals surface area (Å²) in [6.45, 7) is 7.92. The summed E-state index contributed by atoms with van der Waals surface area (Å²) in [5.74, 6) is 0.737. The fraction of sp³-hybridized carbons (Fsp3) is 0.625. The largest absolute Gasteiger partial charge is 0.328 e. The molecule has 0 saturated carbocycles. The van der Waals surface area contributed by atoms with Gasteiger partial charge in [-0.05, 0) is 57.7 Å². The Morgan fingerprint density at radius 2 is 1.83 bits per heavy atom. The van der Waals surface area contributed by atoms with Gasteiger partial charge in [0.1, 0.15) is 0 Å². The minimum Gasteiger partial charge on any atom is -0.328 e. The second-order valence-electron chi connectivity index (χ2n) is 5.77. The Hall–Kier alpha value is -0.860. The van der Waals surface area contributed by atoms with E-state index in [1.54, 1.807) is 0 Å². The van der Waals surface area contributed by atoms with Crippen LogP contribution in [-0.4, -0.2) is 30.6 Å². The molecule has 1 unspecified atom stereocenters. The van der Waals surface area contributed by atoms with E-state index >= 15 is 0 Å². The molecule has 1 saturated heterocycles. The number of nitrogens with zero attached hydrogens (tertiary/aromatic N) is 1. The monoisotopic (exact) mass is 246 g/mol. The normalized spacial score (nSPS) is 19.9. The van der Waals surface area contributed by atoms with Crippen molar-refractivity contribution in [2.45, 2.75) is 39.2 Å². The molecule has 1 aliphatic rings. The quantitative estimate of drug-likeness (QED) is 0.885. The fourth-order valence-electron chi connectivity index (χ4n) is 2.74. The number of likely N-dealkylation sites (tertiary alicyclic amines) is 1. The average Bonchev–Trinajstić information content (AvgIpc) is 2.38. The molecule has 1 aliphatic heterocycles. The maximum absolute atomic E-state index is 5.97.